The Balaban J connectivity index is 2.01. The third-order valence-electron chi connectivity index (χ3n) is 3.47. The number of aromatic nitrogens is 2. The zero-order chi connectivity index (χ0) is 13.2. The van der Waals surface area contributed by atoms with E-state index in [2.05, 4.69) is 9.55 Å². The van der Waals surface area contributed by atoms with Gasteiger partial charge in [0.1, 0.15) is 12.4 Å². The highest BCUT2D eigenvalue weighted by Gasteiger charge is 2.19. The molecule has 1 aromatic carbocycles. The third kappa shape index (κ3) is 2.61. The molecule has 1 aliphatic heterocycles. The molecule has 1 fully saturated rings. The van der Waals surface area contributed by atoms with Crippen molar-refractivity contribution in [1.82, 2.24) is 9.55 Å². The first kappa shape index (κ1) is 12.9. The highest BCUT2D eigenvalue weighted by molar-refractivity contribution is 6.31. The van der Waals surface area contributed by atoms with Crippen LogP contribution < -0.4 is 0 Å². The van der Waals surface area contributed by atoms with Crippen molar-refractivity contribution >= 4 is 22.6 Å². The molecule has 0 radical (unpaired) electrons. The summed E-state index contributed by atoms with van der Waals surface area (Å²) in [5.41, 5.74) is 2.00. The second-order valence-electron chi connectivity index (χ2n) is 4.84. The molecule has 102 valence electrons. The number of methoxy groups -OCH3 is 1. The topological polar surface area (TPSA) is 36.3 Å². The first-order valence-electron chi connectivity index (χ1n) is 6.53. The Morgan fingerprint density at radius 2 is 2.42 bits per heavy atom. The van der Waals surface area contributed by atoms with Gasteiger partial charge in [0, 0.05) is 18.7 Å². The third-order valence-corrected chi connectivity index (χ3v) is 3.71. The van der Waals surface area contributed by atoms with E-state index in [-0.39, 0.29) is 6.10 Å². The summed E-state index contributed by atoms with van der Waals surface area (Å²) < 4.78 is 13.1. The molecule has 0 N–H and O–H groups in total. The van der Waals surface area contributed by atoms with Crippen molar-refractivity contribution in [2.75, 3.05) is 13.7 Å². The zero-order valence-corrected chi connectivity index (χ0v) is 11.7. The number of fused-ring (bicyclic) bond motifs is 1. The standard InChI is InChI=1S/C14H17ClN2O2/c1-18-9-14-16-12-5-4-10(15)7-13(12)17(14)8-11-3-2-6-19-11/h4-5,7,11H,2-3,6,8-9H2,1H3. The van der Waals surface area contributed by atoms with Gasteiger partial charge in [0.2, 0.25) is 0 Å². The van der Waals surface area contributed by atoms with Gasteiger partial charge in [-0.2, -0.15) is 0 Å². The number of nitrogens with zero attached hydrogens (tertiary/aromatic N) is 2. The molecule has 2 aromatic rings. The van der Waals surface area contributed by atoms with Crippen LogP contribution in [-0.2, 0) is 22.6 Å². The second-order valence-corrected chi connectivity index (χ2v) is 5.28. The van der Waals surface area contributed by atoms with Crippen molar-refractivity contribution in [2.45, 2.75) is 32.1 Å². The van der Waals surface area contributed by atoms with Gasteiger partial charge in [0.15, 0.2) is 0 Å². The Kier molecular flexibility index (Phi) is 3.73. The molecule has 1 aromatic heterocycles. The smallest absolute Gasteiger partial charge is 0.136 e. The Hall–Kier alpha value is -1.10. The largest absolute Gasteiger partial charge is 0.377 e. The van der Waals surface area contributed by atoms with E-state index in [1.807, 2.05) is 18.2 Å². The molecule has 4 nitrogen and oxygen atoms in total. The lowest BCUT2D eigenvalue weighted by Gasteiger charge is -2.13. The minimum absolute atomic E-state index is 0.270. The van der Waals surface area contributed by atoms with Crippen molar-refractivity contribution in [3.63, 3.8) is 0 Å². The Morgan fingerprint density at radius 1 is 1.53 bits per heavy atom. The molecule has 3 rings (SSSR count). The van der Waals surface area contributed by atoms with E-state index in [1.165, 1.54) is 0 Å². The van der Waals surface area contributed by atoms with E-state index in [0.717, 1.165) is 47.9 Å². The molecule has 0 bridgehead atoms. The summed E-state index contributed by atoms with van der Waals surface area (Å²) in [6.07, 6.45) is 2.51. The fourth-order valence-corrected chi connectivity index (χ4v) is 2.75. The van der Waals surface area contributed by atoms with Crippen molar-refractivity contribution in [3.05, 3.63) is 29.0 Å². The Bertz CT molecular complexity index is 576. The summed E-state index contributed by atoms with van der Waals surface area (Å²) in [6.45, 7) is 2.17. The van der Waals surface area contributed by atoms with Crippen LogP contribution in [0.3, 0.4) is 0 Å². The second kappa shape index (κ2) is 5.49. The van der Waals surface area contributed by atoms with Gasteiger partial charge < -0.3 is 14.0 Å². The van der Waals surface area contributed by atoms with Gasteiger partial charge in [-0.3, -0.25) is 0 Å². The lowest BCUT2D eigenvalue weighted by Crippen LogP contribution is -2.17. The normalized spacial score (nSPS) is 19.4. The fraction of sp³-hybridized carbons (Fsp3) is 0.500. The van der Waals surface area contributed by atoms with Crippen molar-refractivity contribution in [1.29, 1.82) is 0 Å². The molecule has 1 atom stereocenters. The van der Waals surface area contributed by atoms with Crippen molar-refractivity contribution in [3.8, 4) is 0 Å². The van der Waals surface area contributed by atoms with Crippen LogP contribution in [0.25, 0.3) is 11.0 Å². The van der Waals surface area contributed by atoms with Crippen LogP contribution in [0.2, 0.25) is 5.02 Å². The van der Waals surface area contributed by atoms with Gasteiger partial charge in [0.25, 0.3) is 0 Å². The summed E-state index contributed by atoms with van der Waals surface area (Å²) >= 11 is 6.09. The van der Waals surface area contributed by atoms with Gasteiger partial charge in [-0.1, -0.05) is 11.6 Å². The maximum Gasteiger partial charge on any atom is 0.136 e. The number of benzene rings is 1. The maximum atomic E-state index is 6.09. The predicted molar refractivity (Wildman–Crippen MR) is 74.4 cm³/mol. The van der Waals surface area contributed by atoms with Gasteiger partial charge in [0.05, 0.1) is 23.7 Å². The summed E-state index contributed by atoms with van der Waals surface area (Å²) in [7, 11) is 1.68. The summed E-state index contributed by atoms with van der Waals surface area (Å²) in [4.78, 5) is 4.61. The van der Waals surface area contributed by atoms with E-state index in [9.17, 15) is 0 Å². The summed E-state index contributed by atoms with van der Waals surface area (Å²) in [5.74, 6) is 0.926. The molecule has 2 heterocycles. The van der Waals surface area contributed by atoms with Gasteiger partial charge in [-0.25, -0.2) is 4.98 Å². The first-order valence-corrected chi connectivity index (χ1v) is 6.91. The van der Waals surface area contributed by atoms with E-state index >= 15 is 0 Å². The number of hydrogen-bond donors (Lipinski definition) is 0. The molecule has 0 spiro atoms. The molecule has 0 amide bonds. The van der Waals surface area contributed by atoms with Crippen molar-refractivity contribution in [2.24, 2.45) is 0 Å². The summed E-state index contributed by atoms with van der Waals surface area (Å²) in [6, 6.07) is 5.77. The lowest BCUT2D eigenvalue weighted by atomic mass is 10.2. The van der Waals surface area contributed by atoms with Crippen molar-refractivity contribution < 1.29 is 9.47 Å². The van der Waals surface area contributed by atoms with Crippen LogP contribution >= 0.6 is 11.6 Å². The summed E-state index contributed by atoms with van der Waals surface area (Å²) in [5, 5.41) is 0.727. The number of ether oxygens (including phenoxy) is 2. The van der Waals surface area contributed by atoms with Crippen LogP contribution in [0.4, 0.5) is 0 Å². The number of halogens is 1. The van der Waals surface area contributed by atoms with E-state index in [4.69, 9.17) is 21.1 Å². The molecule has 5 heteroatoms. The predicted octanol–water partition coefficient (Wildman–Crippen LogP) is 3.02. The van der Waals surface area contributed by atoms with Gasteiger partial charge in [-0.15, -0.1) is 0 Å². The molecule has 0 saturated carbocycles. The average Bonchev–Trinajstić information content (AvgIpc) is 3.00. The first-order chi connectivity index (χ1) is 9.28. The molecule has 19 heavy (non-hydrogen) atoms. The highest BCUT2D eigenvalue weighted by atomic mass is 35.5. The Labute approximate surface area is 117 Å². The van der Waals surface area contributed by atoms with Crippen LogP contribution in [0, 0.1) is 0 Å². The molecular formula is C14H17ClN2O2. The number of rotatable bonds is 4. The Morgan fingerprint density at radius 3 is 3.16 bits per heavy atom. The van der Waals surface area contributed by atoms with Gasteiger partial charge in [-0.05, 0) is 31.0 Å². The zero-order valence-electron chi connectivity index (χ0n) is 10.9. The molecule has 0 aliphatic carbocycles. The van der Waals surface area contributed by atoms with Crippen LogP contribution in [0.5, 0.6) is 0 Å². The average molecular weight is 281 g/mol. The minimum Gasteiger partial charge on any atom is -0.377 e. The quantitative estimate of drug-likeness (QED) is 0.864. The lowest BCUT2D eigenvalue weighted by molar-refractivity contribution is 0.0946. The molecule has 1 aliphatic rings. The van der Waals surface area contributed by atoms with E-state index < -0.39 is 0 Å². The molecule has 1 saturated heterocycles. The van der Waals surface area contributed by atoms with Crippen LogP contribution in [-0.4, -0.2) is 29.4 Å². The van der Waals surface area contributed by atoms with E-state index in [0.29, 0.717) is 6.61 Å². The monoisotopic (exact) mass is 280 g/mol. The minimum atomic E-state index is 0.270. The fourth-order valence-electron chi connectivity index (χ4n) is 2.58. The van der Waals surface area contributed by atoms with E-state index in [1.54, 1.807) is 7.11 Å². The highest BCUT2D eigenvalue weighted by Crippen LogP contribution is 2.23. The molecular weight excluding hydrogens is 264 g/mol. The van der Waals surface area contributed by atoms with Gasteiger partial charge >= 0.3 is 0 Å². The molecule has 1 unspecified atom stereocenters. The number of hydrogen-bond acceptors (Lipinski definition) is 3. The maximum absolute atomic E-state index is 6.09. The number of imidazole rings is 1. The van der Waals surface area contributed by atoms with Crippen LogP contribution in [0.1, 0.15) is 18.7 Å². The SMILES string of the molecule is COCc1nc2ccc(Cl)cc2n1CC1CCCO1. The van der Waals surface area contributed by atoms with Crippen LogP contribution in [0.15, 0.2) is 18.2 Å².